The van der Waals surface area contributed by atoms with Crippen LogP contribution in [0, 0.1) is 6.92 Å². The van der Waals surface area contributed by atoms with Gasteiger partial charge in [0.05, 0.1) is 11.3 Å². The Labute approximate surface area is 172 Å². The topological polar surface area (TPSA) is 80.6 Å². The zero-order valence-corrected chi connectivity index (χ0v) is 16.1. The van der Waals surface area contributed by atoms with Crippen LogP contribution < -0.4 is 10.6 Å². The van der Waals surface area contributed by atoms with E-state index >= 15 is 0 Å². The van der Waals surface area contributed by atoms with Crippen molar-refractivity contribution in [2.24, 2.45) is 0 Å². The van der Waals surface area contributed by atoms with Gasteiger partial charge in [0.25, 0.3) is 5.91 Å². The van der Waals surface area contributed by atoms with Gasteiger partial charge in [0.1, 0.15) is 5.58 Å². The number of amides is 1. The van der Waals surface area contributed by atoms with Crippen LogP contribution >= 0.6 is 0 Å². The molecule has 4 aromatic rings. The zero-order chi connectivity index (χ0) is 20.7. The van der Waals surface area contributed by atoms with E-state index < -0.39 is 18.1 Å². The summed E-state index contributed by atoms with van der Waals surface area (Å²) < 4.78 is 11.4. The number of cyclic esters (lactones) is 1. The highest BCUT2D eigenvalue weighted by Gasteiger charge is 2.33. The van der Waals surface area contributed by atoms with Crippen molar-refractivity contribution in [3.63, 3.8) is 0 Å². The zero-order valence-electron chi connectivity index (χ0n) is 16.1. The Kier molecular flexibility index (Phi) is 4.25. The number of hydrogen-bond acceptors (Lipinski definition) is 5. The SMILES string of the molecule is Cc1cccc(NC(=O)c2oc3ccccc3c2NC2OC(=O)c3ccccc32)c1. The molecular formula is C24H18N2O4. The average Bonchev–Trinajstić information content (AvgIpc) is 3.27. The van der Waals surface area contributed by atoms with Gasteiger partial charge in [-0.05, 0) is 42.8 Å². The van der Waals surface area contributed by atoms with Crippen molar-refractivity contribution in [1.82, 2.24) is 0 Å². The quantitative estimate of drug-likeness (QED) is 0.458. The fourth-order valence-corrected chi connectivity index (χ4v) is 3.64. The van der Waals surface area contributed by atoms with Crippen LogP contribution in [0.15, 0.2) is 77.2 Å². The second-order valence-corrected chi connectivity index (χ2v) is 7.14. The molecule has 6 heteroatoms. The van der Waals surface area contributed by atoms with Gasteiger partial charge >= 0.3 is 5.97 Å². The lowest BCUT2D eigenvalue weighted by Gasteiger charge is -2.14. The van der Waals surface area contributed by atoms with Crippen LogP contribution in [0.1, 0.15) is 38.3 Å². The van der Waals surface area contributed by atoms with E-state index in [-0.39, 0.29) is 5.76 Å². The van der Waals surface area contributed by atoms with Crippen molar-refractivity contribution >= 4 is 34.2 Å². The molecule has 1 aromatic heterocycles. The number of anilines is 2. The number of nitrogens with one attached hydrogen (secondary N) is 2. The molecule has 3 aromatic carbocycles. The Hall–Kier alpha value is -4.06. The number of ether oxygens (including phenoxy) is 1. The number of benzene rings is 3. The third kappa shape index (κ3) is 3.08. The van der Waals surface area contributed by atoms with Gasteiger partial charge in [-0.2, -0.15) is 0 Å². The summed E-state index contributed by atoms with van der Waals surface area (Å²) in [7, 11) is 0. The summed E-state index contributed by atoms with van der Waals surface area (Å²) in [5.74, 6) is -0.670. The van der Waals surface area contributed by atoms with Crippen molar-refractivity contribution in [3.05, 3.63) is 95.2 Å². The highest BCUT2D eigenvalue weighted by atomic mass is 16.6. The number of para-hydroxylation sites is 1. The standard InChI is InChI=1S/C24H18N2O4/c1-14-7-6-8-15(13-14)25-22(27)21-20(18-11-4-5-12-19(18)29-21)26-23-16-9-2-3-10-17(16)24(28)30-23/h2-13,23,26H,1H3,(H,25,27). The van der Waals surface area contributed by atoms with Gasteiger partial charge in [-0.15, -0.1) is 0 Å². The summed E-state index contributed by atoms with van der Waals surface area (Å²) in [6.45, 7) is 1.95. The molecule has 1 atom stereocenters. The average molecular weight is 398 g/mol. The van der Waals surface area contributed by atoms with E-state index in [9.17, 15) is 9.59 Å². The number of hydrogen-bond donors (Lipinski definition) is 2. The van der Waals surface area contributed by atoms with E-state index in [1.54, 1.807) is 18.2 Å². The van der Waals surface area contributed by atoms with Crippen molar-refractivity contribution < 1.29 is 18.7 Å². The fourth-order valence-electron chi connectivity index (χ4n) is 3.64. The fraction of sp³-hybridized carbons (Fsp3) is 0.0833. The largest absolute Gasteiger partial charge is 0.449 e. The van der Waals surface area contributed by atoms with E-state index in [2.05, 4.69) is 10.6 Å². The smallest absolute Gasteiger partial charge is 0.340 e. The Morgan fingerprint density at radius 2 is 1.77 bits per heavy atom. The molecule has 0 fully saturated rings. The van der Waals surface area contributed by atoms with Crippen LogP contribution in [0.25, 0.3) is 11.0 Å². The van der Waals surface area contributed by atoms with Crippen LogP contribution in [-0.4, -0.2) is 11.9 Å². The molecular weight excluding hydrogens is 380 g/mol. The Morgan fingerprint density at radius 1 is 0.967 bits per heavy atom. The van der Waals surface area contributed by atoms with Gasteiger partial charge < -0.3 is 19.8 Å². The van der Waals surface area contributed by atoms with Crippen molar-refractivity contribution in [2.45, 2.75) is 13.2 Å². The molecule has 148 valence electrons. The van der Waals surface area contributed by atoms with Gasteiger partial charge in [0, 0.05) is 16.6 Å². The molecule has 0 radical (unpaired) electrons. The van der Waals surface area contributed by atoms with Crippen LogP contribution in [-0.2, 0) is 4.74 Å². The second-order valence-electron chi connectivity index (χ2n) is 7.14. The van der Waals surface area contributed by atoms with Crippen LogP contribution in [0.5, 0.6) is 0 Å². The summed E-state index contributed by atoms with van der Waals surface area (Å²) in [4.78, 5) is 25.2. The lowest BCUT2D eigenvalue weighted by Crippen LogP contribution is -2.16. The number of esters is 1. The number of rotatable bonds is 4. The van der Waals surface area contributed by atoms with E-state index in [1.165, 1.54) is 0 Å². The first-order valence-electron chi connectivity index (χ1n) is 9.56. The molecule has 6 nitrogen and oxygen atoms in total. The summed E-state index contributed by atoms with van der Waals surface area (Å²) in [5.41, 5.74) is 3.97. The molecule has 0 spiro atoms. The van der Waals surface area contributed by atoms with Gasteiger partial charge in [-0.3, -0.25) is 4.79 Å². The summed E-state index contributed by atoms with van der Waals surface area (Å²) >= 11 is 0. The number of carbonyl (C=O) groups excluding carboxylic acids is 2. The molecule has 2 heterocycles. The van der Waals surface area contributed by atoms with Gasteiger partial charge in [0.15, 0.2) is 0 Å². The van der Waals surface area contributed by atoms with Gasteiger partial charge in [0.2, 0.25) is 12.0 Å². The number of carbonyl (C=O) groups is 2. The molecule has 0 saturated heterocycles. The van der Waals surface area contributed by atoms with Crippen molar-refractivity contribution in [1.29, 1.82) is 0 Å². The van der Waals surface area contributed by atoms with E-state index in [0.29, 0.717) is 22.5 Å². The third-order valence-corrected chi connectivity index (χ3v) is 5.04. The van der Waals surface area contributed by atoms with Crippen molar-refractivity contribution in [3.8, 4) is 0 Å². The Bertz CT molecular complexity index is 1290. The maximum Gasteiger partial charge on any atom is 0.340 e. The van der Waals surface area contributed by atoms with Crippen LogP contribution in [0.2, 0.25) is 0 Å². The minimum absolute atomic E-state index is 0.123. The predicted octanol–water partition coefficient (Wildman–Crippen LogP) is 5.27. The first-order valence-corrected chi connectivity index (χ1v) is 9.56. The third-order valence-electron chi connectivity index (χ3n) is 5.04. The Morgan fingerprint density at radius 3 is 2.63 bits per heavy atom. The molecule has 2 N–H and O–H groups in total. The normalized spacial score (nSPS) is 15.0. The molecule has 30 heavy (non-hydrogen) atoms. The van der Waals surface area contributed by atoms with Gasteiger partial charge in [-0.25, -0.2) is 4.79 Å². The number of fused-ring (bicyclic) bond motifs is 2. The first kappa shape index (κ1) is 18.0. The Balaban J connectivity index is 1.53. The minimum Gasteiger partial charge on any atom is -0.449 e. The number of aryl methyl sites for hydroxylation is 1. The highest BCUT2D eigenvalue weighted by molar-refractivity contribution is 6.11. The molecule has 1 unspecified atom stereocenters. The summed E-state index contributed by atoms with van der Waals surface area (Å²) in [6, 6.07) is 22.0. The van der Waals surface area contributed by atoms with Crippen LogP contribution in [0.3, 0.4) is 0 Å². The van der Waals surface area contributed by atoms with Crippen molar-refractivity contribution in [2.75, 3.05) is 10.6 Å². The first-order chi connectivity index (χ1) is 14.6. The second kappa shape index (κ2) is 7.08. The summed E-state index contributed by atoms with van der Waals surface area (Å²) in [6.07, 6.45) is -0.708. The molecule has 0 bridgehead atoms. The van der Waals surface area contributed by atoms with Crippen LogP contribution in [0.4, 0.5) is 11.4 Å². The molecule has 1 aliphatic heterocycles. The molecule has 1 amide bonds. The maximum atomic E-state index is 13.0. The van der Waals surface area contributed by atoms with E-state index in [4.69, 9.17) is 9.15 Å². The monoisotopic (exact) mass is 398 g/mol. The highest BCUT2D eigenvalue weighted by Crippen LogP contribution is 2.37. The minimum atomic E-state index is -0.708. The summed E-state index contributed by atoms with van der Waals surface area (Å²) in [5, 5.41) is 6.80. The van der Waals surface area contributed by atoms with E-state index in [1.807, 2.05) is 61.5 Å². The van der Waals surface area contributed by atoms with E-state index in [0.717, 1.165) is 16.5 Å². The lowest BCUT2D eigenvalue weighted by atomic mass is 10.1. The maximum absolute atomic E-state index is 13.0. The number of furan rings is 1. The molecule has 1 aliphatic rings. The predicted molar refractivity (Wildman–Crippen MR) is 114 cm³/mol. The molecule has 5 rings (SSSR count). The molecule has 0 aliphatic carbocycles. The van der Waals surface area contributed by atoms with Gasteiger partial charge in [-0.1, -0.05) is 42.5 Å². The molecule has 0 saturated carbocycles. The lowest BCUT2D eigenvalue weighted by molar-refractivity contribution is 0.0437.